The first-order chi connectivity index (χ1) is 20.9. The third-order valence-corrected chi connectivity index (χ3v) is 9.20. The smallest absolute Gasteiger partial charge is 0.321 e. The van der Waals surface area contributed by atoms with Gasteiger partial charge in [0.1, 0.15) is 17.5 Å². The van der Waals surface area contributed by atoms with Crippen LogP contribution >= 0.6 is 0 Å². The van der Waals surface area contributed by atoms with Crippen LogP contribution in [0.15, 0.2) is 45.8 Å². The van der Waals surface area contributed by atoms with Crippen LogP contribution in [0.3, 0.4) is 0 Å². The van der Waals surface area contributed by atoms with Crippen LogP contribution in [0.1, 0.15) is 35.7 Å². The number of aliphatic hydroxyl groups is 1. The lowest BCUT2D eigenvalue weighted by Crippen LogP contribution is -2.50. The molecule has 0 aliphatic carbocycles. The second-order valence-electron chi connectivity index (χ2n) is 11.0. The molecule has 3 N–H and O–H groups in total. The highest BCUT2D eigenvalue weighted by Crippen LogP contribution is 2.35. The maximum atomic E-state index is 13.8. The van der Waals surface area contributed by atoms with Gasteiger partial charge < -0.3 is 39.0 Å². The van der Waals surface area contributed by atoms with Crippen molar-refractivity contribution in [2.45, 2.75) is 44.7 Å². The van der Waals surface area contributed by atoms with Gasteiger partial charge in [-0.2, -0.15) is 0 Å². The SMILES string of the molecule is Cc1noc(C)c1S(=O)(=O)Nc1ccc2c(c1)C(=O)N([C@H](C)CO)C[C@H](C)[C@H](CN(C)C(=O)Nc1ccc3c(c1)OCO3)O2. The molecule has 0 saturated heterocycles. The molecule has 1 aromatic heterocycles. The van der Waals surface area contributed by atoms with Gasteiger partial charge in [0.15, 0.2) is 22.2 Å². The topological polar surface area (TPSA) is 173 Å². The Morgan fingerprint density at radius 2 is 1.84 bits per heavy atom. The summed E-state index contributed by atoms with van der Waals surface area (Å²) in [4.78, 5) is 29.8. The number of benzene rings is 2. The zero-order valence-electron chi connectivity index (χ0n) is 25.0. The minimum Gasteiger partial charge on any atom is -0.487 e. The van der Waals surface area contributed by atoms with E-state index in [1.165, 1.54) is 41.8 Å². The predicted molar refractivity (Wildman–Crippen MR) is 159 cm³/mol. The molecule has 2 aromatic carbocycles. The Hall–Kier alpha value is -4.50. The van der Waals surface area contributed by atoms with Crippen molar-refractivity contribution in [3.05, 3.63) is 53.4 Å². The number of carbonyl (C=O) groups is 2. The molecule has 0 spiro atoms. The molecule has 3 amide bonds. The number of ether oxygens (including phenoxy) is 3. The standard InChI is InChI=1S/C29H35N5O9S/c1-16-12-34(17(2)14-35)28(36)22-10-21(32-44(38,39)27-18(3)31-43-19(27)4)7-8-23(22)42-26(16)13-33(5)29(37)30-20-6-9-24-25(11-20)41-15-40-24/h6-11,16-17,26,32,35H,12-15H2,1-5H3,(H,30,37)/t16-,17+,26-/m0/s1. The average Bonchev–Trinajstić information content (AvgIpc) is 3.59. The van der Waals surface area contributed by atoms with Crippen molar-refractivity contribution in [2.75, 3.05) is 43.6 Å². The molecule has 0 radical (unpaired) electrons. The normalized spacial score (nSPS) is 18.5. The number of hydrogen-bond donors (Lipinski definition) is 3. The fourth-order valence-electron chi connectivity index (χ4n) is 5.11. The van der Waals surface area contributed by atoms with E-state index in [1.54, 1.807) is 32.2 Å². The predicted octanol–water partition coefficient (Wildman–Crippen LogP) is 3.20. The molecule has 0 bridgehead atoms. The van der Waals surface area contributed by atoms with E-state index in [1.807, 2.05) is 6.92 Å². The molecule has 0 unspecified atom stereocenters. The van der Waals surface area contributed by atoms with Crippen LogP contribution in [0.4, 0.5) is 16.2 Å². The highest BCUT2D eigenvalue weighted by atomic mass is 32.2. The fourth-order valence-corrected chi connectivity index (χ4v) is 6.50. The van der Waals surface area contributed by atoms with Crippen molar-refractivity contribution in [1.29, 1.82) is 0 Å². The summed E-state index contributed by atoms with van der Waals surface area (Å²) in [7, 11) is -2.45. The van der Waals surface area contributed by atoms with E-state index >= 15 is 0 Å². The molecule has 44 heavy (non-hydrogen) atoms. The largest absolute Gasteiger partial charge is 0.487 e. The van der Waals surface area contributed by atoms with E-state index in [9.17, 15) is 23.1 Å². The zero-order valence-corrected chi connectivity index (χ0v) is 25.8. The van der Waals surface area contributed by atoms with Gasteiger partial charge in [-0.3, -0.25) is 9.52 Å². The monoisotopic (exact) mass is 629 g/mol. The molecule has 236 valence electrons. The molecule has 0 fully saturated rings. The molecule has 14 nitrogen and oxygen atoms in total. The molecule has 0 saturated carbocycles. The van der Waals surface area contributed by atoms with E-state index in [0.717, 1.165) is 0 Å². The highest BCUT2D eigenvalue weighted by Gasteiger charge is 2.35. The van der Waals surface area contributed by atoms with Crippen molar-refractivity contribution < 1.29 is 41.8 Å². The summed E-state index contributed by atoms with van der Waals surface area (Å²) in [5.74, 6) is 0.801. The first kappa shape index (κ1) is 30.9. The number of sulfonamides is 1. The number of nitrogens with one attached hydrogen (secondary N) is 2. The lowest BCUT2D eigenvalue weighted by Gasteiger charge is -2.38. The highest BCUT2D eigenvalue weighted by molar-refractivity contribution is 7.92. The summed E-state index contributed by atoms with van der Waals surface area (Å²) in [6.45, 7) is 6.85. The number of urea groups is 1. The number of fused-ring (bicyclic) bond motifs is 2. The number of nitrogens with zero attached hydrogens (tertiary/aromatic N) is 3. The second-order valence-corrected chi connectivity index (χ2v) is 12.6. The van der Waals surface area contributed by atoms with Crippen molar-refractivity contribution in [3.8, 4) is 17.2 Å². The van der Waals surface area contributed by atoms with Gasteiger partial charge in [0.2, 0.25) is 6.79 Å². The number of hydrogen-bond acceptors (Lipinski definition) is 10. The van der Waals surface area contributed by atoms with Crippen LogP contribution in [-0.2, 0) is 10.0 Å². The third kappa shape index (κ3) is 6.24. The Morgan fingerprint density at radius 3 is 2.55 bits per heavy atom. The minimum atomic E-state index is -4.08. The van der Waals surface area contributed by atoms with Crippen LogP contribution in [0.2, 0.25) is 0 Å². The van der Waals surface area contributed by atoms with Crippen molar-refractivity contribution in [3.63, 3.8) is 0 Å². The van der Waals surface area contributed by atoms with Crippen molar-refractivity contribution in [1.82, 2.24) is 15.0 Å². The molecule has 3 atom stereocenters. The maximum absolute atomic E-state index is 13.8. The van der Waals surface area contributed by atoms with Crippen LogP contribution in [0, 0.1) is 19.8 Å². The van der Waals surface area contributed by atoms with Gasteiger partial charge in [-0.15, -0.1) is 0 Å². The molecule has 2 aliphatic rings. The molecule has 2 aliphatic heterocycles. The van der Waals surface area contributed by atoms with E-state index in [-0.39, 0.29) is 71.8 Å². The Balaban J connectivity index is 1.39. The van der Waals surface area contributed by atoms with Gasteiger partial charge in [-0.1, -0.05) is 12.1 Å². The Morgan fingerprint density at radius 1 is 1.14 bits per heavy atom. The fraction of sp³-hybridized carbons (Fsp3) is 0.414. The van der Waals surface area contributed by atoms with Gasteiger partial charge in [0.25, 0.3) is 15.9 Å². The van der Waals surface area contributed by atoms with Gasteiger partial charge in [0.05, 0.1) is 24.8 Å². The number of aliphatic hydroxyl groups excluding tert-OH is 1. The van der Waals surface area contributed by atoms with E-state index in [0.29, 0.717) is 17.2 Å². The summed E-state index contributed by atoms with van der Waals surface area (Å²) in [6.07, 6.45) is -0.562. The van der Waals surface area contributed by atoms with Crippen LogP contribution in [0.5, 0.6) is 17.2 Å². The summed E-state index contributed by atoms with van der Waals surface area (Å²) in [6, 6.07) is 8.57. The van der Waals surface area contributed by atoms with E-state index in [4.69, 9.17) is 18.7 Å². The number of aryl methyl sites for hydroxylation is 2. The first-order valence-electron chi connectivity index (χ1n) is 14.0. The van der Waals surface area contributed by atoms with Crippen LogP contribution in [-0.4, -0.2) is 86.1 Å². The third-order valence-electron chi connectivity index (χ3n) is 7.58. The number of carbonyl (C=O) groups excluding carboxylic acids is 2. The second kappa shape index (κ2) is 12.2. The number of rotatable bonds is 8. The molecular weight excluding hydrogens is 594 g/mol. The van der Waals surface area contributed by atoms with Crippen LogP contribution in [0.25, 0.3) is 0 Å². The minimum absolute atomic E-state index is 0.0849. The molecule has 5 rings (SSSR count). The summed E-state index contributed by atoms with van der Waals surface area (Å²) in [5, 5.41) is 16.5. The van der Waals surface area contributed by atoms with Gasteiger partial charge >= 0.3 is 6.03 Å². The lowest BCUT2D eigenvalue weighted by molar-refractivity contribution is 0.0371. The van der Waals surface area contributed by atoms with Gasteiger partial charge in [-0.05, 0) is 51.1 Å². The quantitative estimate of drug-likeness (QED) is 0.336. The van der Waals surface area contributed by atoms with E-state index in [2.05, 4.69) is 15.2 Å². The zero-order chi connectivity index (χ0) is 31.8. The summed E-state index contributed by atoms with van der Waals surface area (Å²) >= 11 is 0. The number of amides is 3. The van der Waals surface area contributed by atoms with Gasteiger partial charge in [-0.25, -0.2) is 13.2 Å². The molecular formula is C29H35N5O9S. The number of aromatic nitrogens is 1. The Bertz CT molecular complexity index is 1660. The summed E-state index contributed by atoms with van der Waals surface area (Å²) in [5.41, 5.74) is 0.964. The Kier molecular flexibility index (Phi) is 8.61. The molecule has 3 aromatic rings. The van der Waals surface area contributed by atoms with Crippen molar-refractivity contribution >= 4 is 33.3 Å². The maximum Gasteiger partial charge on any atom is 0.321 e. The van der Waals surface area contributed by atoms with E-state index < -0.39 is 28.1 Å². The molecule has 15 heteroatoms. The van der Waals surface area contributed by atoms with Crippen molar-refractivity contribution in [2.24, 2.45) is 5.92 Å². The van der Waals surface area contributed by atoms with Crippen LogP contribution < -0.4 is 24.2 Å². The number of anilines is 2. The Labute approximate surface area is 254 Å². The summed E-state index contributed by atoms with van der Waals surface area (Å²) < 4.78 is 50.8. The molecule has 3 heterocycles. The average molecular weight is 630 g/mol. The first-order valence-corrected chi connectivity index (χ1v) is 15.5. The lowest BCUT2D eigenvalue weighted by atomic mass is 9.99. The van der Waals surface area contributed by atoms with Gasteiger partial charge in [0, 0.05) is 37.0 Å². The number of likely N-dealkylation sites (N-methyl/N-ethyl adjacent to an activating group) is 1.